The second kappa shape index (κ2) is 7.14. The Labute approximate surface area is 155 Å². The van der Waals surface area contributed by atoms with Crippen LogP contribution in [0, 0.1) is 0 Å². The first-order valence-corrected chi connectivity index (χ1v) is 9.28. The summed E-state index contributed by atoms with van der Waals surface area (Å²) in [6, 6.07) is 7.68. The van der Waals surface area contributed by atoms with Gasteiger partial charge in [-0.25, -0.2) is 9.59 Å². The van der Waals surface area contributed by atoms with Gasteiger partial charge >= 0.3 is 12.1 Å². The van der Waals surface area contributed by atoms with Gasteiger partial charge in [0.1, 0.15) is 5.60 Å². The molecular formula is C21H27NO4. The van der Waals surface area contributed by atoms with Crippen molar-refractivity contribution in [2.24, 2.45) is 0 Å². The number of fused-ring (bicyclic) bond motifs is 2. The van der Waals surface area contributed by atoms with Gasteiger partial charge in [-0.1, -0.05) is 24.3 Å². The topological polar surface area (TPSA) is 55.8 Å². The fraction of sp³-hybridized carbons (Fsp3) is 0.524. The van der Waals surface area contributed by atoms with E-state index in [1.165, 1.54) is 0 Å². The Kier molecular flexibility index (Phi) is 5.08. The van der Waals surface area contributed by atoms with Gasteiger partial charge in [-0.15, -0.1) is 0 Å². The van der Waals surface area contributed by atoms with Crippen LogP contribution in [0.3, 0.4) is 0 Å². The Balaban J connectivity index is 1.87. The van der Waals surface area contributed by atoms with Gasteiger partial charge in [-0.2, -0.15) is 0 Å². The third kappa shape index (κ3) is 3.76. The van der Waals surface area contributed by atoms with Crippen LogP contribution in [0.1, 0.15) is 62.9 Å². The zero-order chi connectivity index (χ0) is 18.9. The van der Waals surface area contributed by atoms with Gasteiger partial charge in [0.15, 0.2) is 0 Å². The molecule has 1 aromatic rings. The number of nitrogens with zero attached hydrogens (tertiary/aromatic N) is 1. The summed E-state index contributed by atoms with van der Waals surface area (Å²) >= 11 is 0. The predicted octanol–water partition coefficient (Wildman–Crippen LogP) is 4.42. The Hall–Kier alpha value is -2.30. The van der Waals surface area contributed by atoms with Crippen molar-refractivity contribution < 1.29 is 19.1 Å². The van der Waals surface area contributed by atoms with Crippen LogP contribution in [0.25, 0.3) is 5.57 Å². The van der Waals surface area contributed by atoms with E-state index in [4.69, 9.17) is 9.47 Å². The minimum Gasteiger partial charge on any atom is -0.462 e. The van der Waals surface area contributed by atoms with Gasteiger partial charge in [-0.05, 0) is 64.2 Å². The van der Waals surface area contributed by atoms with Crippen molar-refractivity contribution in [3.8, 4) is 0 Å². The molecule has 2 aliphatic heterocycles. The first-order chi connectivity index (χ1) is 12.3. The van der Waals surface area contributed by atoms with E-state index in [1.807, 2.05) is 43.9 Å². The van der Waals surface area contributed by atoms with Crippen molar-refractivity contribution in [2.45, 2.75) is 64.6 Å². The SMILES string of the molecule is CCOC(=O)c1ccccc1C1=C[C@H]2CC[C@@H](C1)N2C(=O)OC(C)(C)C. The lowest BCUT2D eigenvalue weighted by Crippen LogP contribution is -2.45. The summed E-state index contributed by atoms with van der Waals surface area (Å²) in [7, 11) is 0. The molecule has 5 heteroatoms. The predicted molar refractivity (Wildman–Crippen MR) is 99.9 cm³/mol. The van der Waals surface area contributed by atoms with Crippen LogP contribution in [-0.2, 0) is 9.47 Å². The van der Waals surface area contributed by atoms with Crippen LogP contribution in [0.2, 0.25) is 0 Å². The number of carbonyl (C=O) groups is 2. The van der Waals surface area contributed by atoms with E-state index in [2.05, 4.69) is 6.08 Å². The highest BCUT2D eigenvalue weighted by molar-refractivity contribution is 5.96. The molecule has 140 valence electrons. The van der Waals surface area contributed by atoms with Gasteiger partial charge in [0.05, 0.1) is 18.2 Å². The van der Waals surface area contributed by atoms with Crippen LogP contribution in [0.15, 0.2) is 30.3 Å². The van der Waals surface area contributed by atoms with Crippen LogP contribution < -0.4 is 0 Å². The van der Waals surface area contributed by atoms with E-state index in [-0.39, 0.29) is 24.1 Å². The molecule has 0 unspecified atom stereocenters. The summed E-state index contributed by atoms with van der Waals surface area (Å²) < 4.78 is 10.8. The third-order valence-electron chi connectivity index (χ3n) is 4.77. The Bertz CT molecular complexity index is 732. The zero-order valence-electron chi connectivity index (χ0n) is 16.0. The molecule has 2 bridgehead atoms. The molecule has 26 heavy (non-hydrogen) atoms. The molecule has 0 N–H and O–H groups in total. The number of hydrogen-bond donors (Lipinski definition) is 0. The van der Waals surface area contributed by atoms with E-state index in [0.29, 0.717) is 12.2 Å². The Morgan fingerprint density at radius 3 is 2.58 bits per heavy atom. The fourth-order valence-corrected chi connectivity index (χ4v) is 3.78. The standard InChI is InChI=1S/C21H27NO4/c1-5-25-19(23)18-9-7-6-8-17(18)14-12-15-10-11-16(13-14)22(15)20(24)26-21(2,3)4/h6-9,12,15-16H,5,10-11,13H2,1-4H3/t15-,16+/m1/s1. The minimum atomic E-state index is -0.503. The molecule has 0 aromatic heterocycles. The largest absolute Gasteiger partial charge is 0.462 e. The third-order valence-corrected chi connectivity index (χ3v) is 4.77. The van der Waals surface area contributed by atoms with E-state index < -0.39 is 5.60 Å². The second-order valence-corrected chi connectivity index (χ2v) is 7.85. The lowest BCUT2D eigenvalue weighted by atomic mass is 9.91. The lowest BCUT2D eigenvalue weighted by Gasteiger charge is -2.35. The quantitative estimate of drug-likeness (QED) is 0.752. The van der Waals surface area contributed by atoms with Crippen molar-refractivity contribution in [2.75, 3.05) is 6.61 Å². The summed E-state index contributed by atoms with van der Waals surface area (Å²) in [5.74, 6) is -0.300. The lowest BCUT2D eigenvalue weighted by molar-refractivity contribution is 0.0174. The van der Waals surface area contributed by atoms with Crippen LogP contribution >= 0.6 is 0 Å². The summed E-state index contributed by atoms with van der Waals surface area (Å²) in [5.41, 5.74) is 2.11. The molecule has 2 atom stereocenters. The molecule has 1 amide bonds. The molecule has 2 aliphatic rings. The fourth-order valence-electron chi connectivity index (χ4n) is 3.78. The maximum absolute atomic E-state index is 12.6. The molecule has 5 nitrogen and oxygen atoms in total. The molecule has 0 radical (unpaired) electrons. The van der Waals surface area contributed by atoms with E-state index in [9.17, 15) is 9.59 Å². The molecule has 2 heterocycles. The maximum atomic E-state index is 12.6. The average molecular weight is 357 g/mol. The van der Waals surface area contributed by atoms with Gasteiger partial charge in [0.25, 0.3) is 0 Å². The number of benzene rings is 1. The van der Waals surface area contributed by atoms with Gasteiger partial charge in [0, 0.05) is 6.04 Å². The van der Waals surface area contributed by atoms with E-state index in [0.717, 1.165) is 30.4 Å². The highest BCUT2D eigenvalue weighted by atomic mass is 16.6. The van der Waals surface area contributed by atoms with E-state index >= 15 is 0 Å². The Morgan fingerprint density at radius 2 is 1.92 bits per heavy atom. The van der Waals surface area contributed by atoms with E-state index in [1.54, 1.807) is 13.0 Å². The van der Waals surface area contributed by atoms with Crippen LogP contribution in [0.5, 0.6) is 0 Å². The smallest absolute Gasteiger partial charge is 0.411 e. The van der Waals surface area contributed by atoms with Crippen molar-refractivity contribution >= 4 is 17.6 Å². The molecule has 3 rings (SSSR count). The van der Waals surface area contributed by atoms with Crippen molar-refractivity contribution in [1.29, 1.82) is 0 Å². The second-order valence-electron chi connectivity index (χ2n) is 7.85. The summed E-state index contributed by atoms with van der Waals surface area (Å²) in [6.45, 7) is 7.80. The van der Waals surface area contributed by atoms with Gasteiger partial charge < -0.3 is 9.47 Å². The molecule has 0 aliphatic carbocycles. The molecule has 1 saturated heterocycles. The van der Waals surface area contributed by atoms with Crippen molar-refractivity contribution in [3.63, 3.8) is 0 Å². The number of ether oxygens (including phenoxy) is 2. The Morgan fingerprint density at radius 1 is 1.19 bits per heavy atom. The maximum Gasteiger partial charge on any atom is 0.411 e. The molecule has 0 spiro atoms. The minimum absolute atomic E-state index is 0.0221. The highest BCUT2D eigenvalue weighted by Gasteiger charge is 2.42. The van der Waals surface area contributed by atoms with Crippen LogP contribution in [0.4, 0.5) is 4.79 Å². The highest BCUT2D eigenvalue weighted by Crippen LogP contribution is 2.40. The monoisotopic (exact) mass is 357 g/mol. The normalized spacial score (nSPS) is 22.0. The number of rotatable bonds is 3. The van der Waals surface area contributed by atoms with Gasteiger partial charge in [-0.3, -0.25) is 4.90 Å². The van der Waals surface area contributed by atoms with Crippen LogP contribution in [-0.4, -0.2) is 41.3 Å². The van der Waals surface area contributed by atoms with Crippen molar-refractivity contribution in [1.82, 2.24) is 4.90 Å². The molecule has 1 aromatic carbocycles. The zero-order valence-corrected chi connectivity index (χ0v) is 16.0. The summed E-state index contributed by atoms with van der Waals surface area (Å²) in [6.07, 6.45) is 4.47. The number of amides is 1. The van der Waals surface area contributed by atoms with Crippen molar-refractivity contribution in [3.05, 3.63) is 41.5 Å². The summed E-state index contributed by atoms with van der Waals surface area (Å²) in [5, 5.41) is 0. The number of carbonyl (C=O) groups excluding carboxylic acids is 2. The van der Waals surface area contributed by atoms with Gasteiger partial charge in [0.2, 0.25) is 0 Å². The first kappa shape index (κ1) is 18.5. The number of hydrogen-bond acceptors (Lipinski definition) is 4. The molecular weight excluding hydrogens is 330 g/mol. The average Bonchev–Trinajstić information content (AvgIpc) is 2.84. The first-order valence-electron chi connectivity index (χ1n) is 9.28. The number of esters is 1. The molecule has 1 fully saturated rings. The summed E-state index contributed by atoms with van der Waals surface area (Å²) in [4.78, 5) is 26.7. The molecule has 0 saturated carbocycles.